The predicted octanol–water partition coefficient (Wildman–Crippen LogP) is 3.45. The molecular formula is C18H22N2OS. The third kappa shape index (κ3) is 5.54. The van der Waals surface area contributed by atoms with Crippen LogP contribution >= 0.6 is 11.8 Å². The molecule has 0 aliphatic carbocycles. The molecule has 2 aromatic carbocycles. The largest absolute Gasteiger partial charge is 0.352 e. The van der Waals surface area contributed by atoms with Crippen LogP contribution in [0.4, 0.5) is 0 Å². The van der Waals surface area contributed by atoms with Gasteiger partial charge in [-0.3, -0.25) is 4.79 Å². The number of hydrogen-bond donors (Lipinski definition) is 2. The van der Waals surface area contributed by atoms with Crippen LogP contribution in [-0.2, 0) is 11.3 Å². The van der Waals surface area contributed by atoms with E-state index in [4.69, 9.17) is 0 Å². The summed E-state index contributed by atoms with van der Waals surface area (Å²) in [7, 11) is 1.90. The van der Waals surface area contributed by atoms with Gasteiger partial charge in [-0.25, -0.2) is 0 Å². The lowest BCUT2D eigenvalue weighted by molar-refractivity contribution is -0.121. The lowest BCUT2D eigenvalue weighted by atomic mass is 10.2. The van der Waals surface area contributed by atoms with Crippen LogP contribution < -0.4 is 10.6 Å². The Morgan fingerprint density at radius 2 is 1.77 bits per heavy atom. The maximum Gasteiger partial charge on any atom is 0.220 e. The van der Waals surface area contributed by atoms with E-state index >= 15 is 0 Å². The standard InChI is InChI=1S/C18H22N2OS/c1-19-13-7-12-18(21)20-14-15-8-5-6-11-17(15)22-16-9-3-2-4-10-16/h2-6,8-11,19H,7,12-14H2,1H3,(H,20,21). The molecule has 0 aliphatic heterocycles. The van der Waals surface area contributed by atoms with Crippen molar-refractivity contribution in [3.63, 3.8) is 0 Å². The minimum atomic E-state index is 0.106. The summed E-state index contributed by atoms with van der Waals surface area (Å²) in [6, 6.07) is 18.5. The molecule has 4 heteroatoms. The Bertz CT molecular complexity index is 587. The Morgan fingerprint density at radius 1 is 1.05 bits per heavy atom. The molecule has 0 bridgehead atoms. The van der Waals surface area contributed by atoms with Gasteiger partial charge in [-0.15, -0.1) is 0 Å². The number of hydrogen-bond acceptors (Lipinski definition) is 3. The van der Waals surface area contributed by atoms with Crippen molar-refractivity contribution in [2.45, 2.75) is 29.2 Å². The molecule has 0 spiro atoms. The van der Waals surface area contributed by atoms with Crippen molar-refractivity contribution >= 4 is 17.7 Å². The van der Waals surface area contributed by atoms with E-state index in [2.05, 4.69) is 34.9 Å². The first kappa shape index (κ1) is 16.6. The van der Waals surface area contributed by atoms with Crippen LogP contribution in [0.2, 0.25) is 0 Å². The molecule has 22 heavy (non-hydrogen) atoms. The number of rotatable bonds is 8. The number of carbonyl (C=O) groups excluding carboxylic acids is 1. The summed E-state index contributed by atoms with van der Waals surface area (Å²) >= 11 is 1.73. The third-order valence-electron chi connectivity index (χ3n) is 3.25. The molecule has 0 saturated heterocycles. The van der Waals surface area contributed by atoms with E-state index in [0.717, 1.165) is 18.5 Å². The fourth-order valence-electron chi connectivity index (χ4n) is 2.07. The molecule has 0 fully saturated rings. The highest BCUT2D eigenvalue weighted by Gasteiger charge is 2.06. The van der Waals surface area contributed by atoms with E-state index in [1.165, 1.54) is 9.79 Å². The first-order valence-electron chi connectivity index (χ1n) is 7.51. The Hall–Kier alpha value is -1.78. The molecule has 0 heterocycles. The summed E-state index contributed by atoms with van der Waals surface area (Å²) in [6.07, 6.45) is 1.43. The van der Waals surface area contributed by atoms with Gasteiger partial charge in [0.2, 0.25) is 5.91 Å². The van der Waals surface area contributed by atoms with Crippen molar-refractivity contribution < 1.29 is 4.79 Å². The maximum atomic E-state index is 11.8. The Balaban J connectivity index is 1.92. The third-order valence-corrected chi connectivity index (χ3v) is 4.38. The summed E-state index contributed by atoms with van der Waals surface area (Å²) in [4.78, 5) is 14.2. The first-order chi connectivity index (χ1) is 10.8. The zero-order valence-electron chi connectivity index (χ0n) is 12.8. The van der Waals surface area contributed by atoms with Gasteiger partial charge >= 0.3 is 0 Å². The van der Waals surface area contributed by atoms with Gasteiger partial charge in [0, 0.05) is 22.8 Å². The van der Waals surface area contributed by atoms with Gasteiger partial charge in [-0.2, -0.15) is 0 Å². The van der Waals surface area contributed by atoms with E-state index in [0.29, 0.717) is 13.0 Å². The first-order valence-corrected chi connectivity index (χ1v) is 8.33. The molecule has 1 amide bonds. The fourth-order valence-corrected chi connectivity index (χ4v) is 3.04. The number of amides is 1. The second-order valence-corrected chi connectivity index (χ2v) is 6.12. The summed E-state index contributed by atoms with van der Waals surface area (Å²) in [5.41, 5.74) is 1.15. The number of benzene rings is 2. The van der Waals surface area contributed by atoms with Gasteiger partial charge in [-0.05, 0) is 43.8 Å². The molecule has 0 saturated carbocycles. The van der Waals surface area contributed by atoms with Crippen LogP contribution in [0.3, 0.4) is 0 Å². The SMILES string of the molecule is CNCCCC(=O)NCc1ccccc1Sc1ccccc1. The topological polar surface area (TPSA) is 41.1 Å². The highest BCUT2D eigenvalue weighted by Crippen LogP contribution is 2.30. The molecule has 0 radical (unpaired) electrons. The summed E-state index contributed by atoms with van der Waals surface area (Å²) in [5.74, 6) is 0.106. The minimum Gasteiger partial charge on any atom is -0.352 e. The maximum absolute atomic E-state index is 11.8. The molecule has 2 rings (SSSR count). The normalized spacial score (nSPS) is 10.4. The van der Waals surface area contributed by atoms with Gasteiger partial charge in [0.25, 0.3) is 0 Å². The second kappa shape index (κ2) is 9.28. The van der Waals surface area contributed by atoms with Crippen LogP contribution in [-0.4, -0.2) is 19.5 Å². The van der Waals surface area contributed by atoms with Gasteiger partial charge in [0.05, 0.1) is 0 Å². The van der Waals surface area contributed by atoms with Gasteiger partial charge < -0.3 is 10.6 Å². The predicted molar refractivity (Wildman–Crippen MR) is 92.0 cm³/mol. The van der Waals surface area contributed by atoms with E-state index in [9.17, 15) is 4.79 Å². The lowest BCUT2D eigenvalue weighted by Gasteiger charge is -2.10. The van der Waals surface area contributed by atoms with Gasteiger partial charge in [0.15, 0.2) is 0 Å². The molecule has 0 atom stereocenters. The highest BCUT2D eigenvalue weighted by atomic mass is 32.2. The van der Waals surface area contributed by atoms with Crippen molar-refractivity contribution in [1.29, 1.82) is 0 Å². The lowest BCUT2D eigenvalue weighted by Crippen LogP contribution is -2.23. The molecule has 3 nitrogen and oxygen atoms in total. The van der Waals surface area contributed by atoms with Crippen molar-refractivity contribution in [1.82, 2.24) is 10.6 Å². The molecule has 0 aliphatic rings. The Labute approximate surface area is 136 Å². The highest BCUT2D eigenvalue weighted by molar-refractivity contribution is 7.99. The molecular weight excluding hydrogens is 292 g/mol. The molecule has 116 valence electrons. The summed E-state index contributed by atoms with van der Waals surface area (Å²) in [5, 5.41) is 6.05. The number of carbonyl (C=O) groups is 1. The molecule has 2 aromatic rings. The van der Waals surface area contributed by atoms with Crippen LogP contribution in [0.25, 0.3) is 0 Å². The Kier molecular flexibility index (Phi) is 7.00. The van der Waals surface area contributed by atoms with Crippen LogP contribution in [0.15, 0.2) is 64.4 Å². The van der Waals surface area contributed by atoms with Crippen LogP contribution in [0.1, 0.15) is 18.4 Å². The van der Waals surface area contributed by atoms with Crippen molar-refractivity contribution in [2.24, 2.45) is 0 Å². The smallest absolute Gasteiger partial charge is 0.220 e. The van der Waals surface area contributed by atoms with Crippen LogP contribution in [0.5, 0.6) is 0 Å². The molecule has 0 unspecified atom stereocenters. The minimum absolute atomic E-state index is 0.106. The van der Waals surface area contributed by atoms with Gasteiger partial charge in [0.1, 0.15) is 0 Å². The van der Waals surface area contributed by atoms with Crippen molar-refractivity contribution in [3.05, 3.63) is 60.2 Å². The summed E-state index contributed by atoms with van der Waals surface area (Å²) < 4.78 is 0. The summed E-state index contributed by atoms with van der Waals surface area (Å²) in [6.45, 7) is 1.45. The molecule has 2 N–H and O–H groups in total. The van der Waals surface area contributed by atoms with Gasteiger partial charge in [-0.1, -0.05) is 48.2 Å². The average molecular weight is 314 g/mol. The average Bonchev–Trinajstić information content (AvgIpc) is 2.55. The Morgan fingerprint density at radius 3 is 2.55 bits per heavy atom. The number of nitrogens with one attached hydrogen (secondary N) is 2. The van der Waals surface area contributed by atoms with E-state index in [1.807, 2.05) is 37.4 Å². The van der Waals surface area contributed by atoms with E-state index in [1.54, 1.807) is 11.8 Å². The van der Waals surface area contributed by atoms with E-state index < -0.39 is 0 Å². The quantitative estimate of drug-likeness (QED) is 0.733. The van der Waals surface area contributed by atoms with Crippen molar-refractivity contribution in [3.8, 4) is 0 Å². The fraction of sp³-hybridized carbons (Fsp3) is 0.278. The van der Waals surface area contributed by atoms with Crippen molar-refractivity contribution in [2.75, 3.05) is 13.6 Å². The van der Waals surface area contributed by atoms with E-state index in [-0.39, 0.29) is 5.91 Å². The van der Waals surface area contributed by atoms with Crippen LogP contribution in [0, 0.1) is 0 Å². The second-order valence-electron chi connectivity index (χ2n) is 5.01. The zero-order chi connectivity index (χ0) is 15.6. The zero-order valence-corrected chi connectivity index (χ0v) is 13.7. The monoisotopic (exact) mass is 314 g/mol. The molecule has 0 aromatic heterocycles.